The highest BCUT2D eigenvalue weighted by Gasteiger charge is 2.29. The van der Waals surface area contributed by atoms with Gasteiger partial charge in [-0.25, -0.2) is 0 Å². The van der Waals surface area contributed by atoms with Crippen LogP contribution in [0.4, 0.5) is 0 Å². The van der Waals surface area contributed by atoms with Crippen molar-refractivity contribution in [2.75, 3.05) is 25.0 Å². The Morgan fingerprint density at radius 1 is 0.900 bits per heavy atom. The molecule has 2 heterocycles. The van der Waals surface area contributed by atoms with Crippen LogP contribution in [0.15, 0.2) is 24.3 Å². The number of alkyl halides is 2. The van der Waals surface area contributed by atoms with Gasteiger partial charge in [-0.15, -0.1) is 23.2 Å². The van der Waals surface area contributed by atoms with Crippen LogP contribution >= 0.6 is 23.2 Å². The van der Waals surface area contributed by atoms with Crippen molar-refractivity contribution in [3.63, 3.8) is 0 Å². The van der Waals surface area contributed by atoms with E-state index in [9.17, 15) is 0 Å². The lowest BCUT2D eigenvalue weighted by molar-refractivity contribution is -0.0615. The highest BCUT2D eigenvalue weighted by Crippen LogP contribution is 2.32. The van der Waals surface area contributed by atoms with E-state index in [1.54, 1.807) is 0 Å². The first-order chi connectivity index (χ1) is 9.80. The Bertz CT molecular complexity index is 419. The summed E-state index contributed by atoms with van der Waals surface area (Å²) < 4.78 is 22.6. The average Bonchev–Trinajstić information content (AvgIpc) is 3.16. The maximum Gasteiger partial charge on any atom is 0.184 e. The van der Waals surface area contributed by atoms with Crippen molar-refractivity contribution in [3.8, 4) is 0 Å². The minimum absolute atomic E-state index is 0.0510. The summed E-state index contributed by atoms with van der Waals surface area (Å²) in [6.45, 7) is 1.03. The molecule has 2 saturated heterocycles. The number of benzene rings is 1. The van der Waals surface area contributed by atoms with E-state index in [4.69, 9.17) is 42.1 Å². The Morgan fingerprint density at radius 2 is 1.40 bits per heavy atom. The lowest BCUT2D eigenvalue weighted by atomic mass is 10.1. The molecule has 0 aromatic heterocycles. The summed E-state index contributed by atoms with van der Waals surface area (Å²) in [4.78, 5) is 0. The largest absolute Gasteiger partial charge is 0.346 e. The van der Waals surface area contributed by atoms with E-state index >= 15 is 0 Å². The summed E-state index contributed by atoms with van der Waals surface area (Å²) in [6, 6.07) is 7.83. The SMILES string of the molecule is ClCC1COC(c2cccc(C3OCC(CCl)O3)c2)O1. The van der Waals surface area contributed by atoms with E-state index < -0.39 is 0 Å². The second kappa shape index (κ2) is 6.60. The Morgan fingerprint density at radius 3 is 1.80 bits per heavy atom. The summed E-state index contributed by atoms with van der Waals surface area (Å²) >= 11 is 11.5. The molecule has 6 heteroatoms. The van der Waals surface area contributed by atoms with Gasteiger partial charge in [0.25, 0.3) is 0 Å². The number of hydrogen-bond acceptors (Lipinski definition) is 4. The van der Waals surface area contributed by atoms with Crippen LogP contribution in [0.3, 0.4) is 0 Å². The van der Waals surface area contributed by atoms with E-state index in [0.717, 1.165) is 11.1 Å². The molecule has 2 aliphatic rings. The fourth-order valence-corrected chi connectivity index (χ4v) is 2.58. The third kappa shape index (κ3) is 3.11. The Kier molecular flexibility index (Phi) is 4.81. The molecule has 4 atom stereocenters. The molecule has 2 aliphatic heterocycles. The standard InChI is InChI=1S/C14H16Cl2O4/c15-5-11-7-17-13(19-11)9-2-1-3-10(4-9)14-18-8-12(6-16)20-14/h1-4,11-14H,5-8H2. The molecule has 110 valence electrons. The summed E-state index contributed by atoms with van der Waals surface area (Å²) in [6.07, 6.45) is -0.845. The number of rotatable bonds is 4. The van der Waals surface area contributed by atoms with Crippen LogP contribution in [0.5, 0.6) is 0 Å². The molecule has 0 N–H and O–H groups in total. The van der Waals surface area contributed by atoms with Gasteiger partial charge in [0.15, 0.2) is 12.6 Å². The first kappa shape index (κ1) is 14.6. The summed E-state index contributed by atoms with van der Waals surface area (Å²) in [5, 5.41) is 0. The van der Waals surface area contributed by atoms with Gasteiger partial charge in [0.1, 0.15) is 0 Å². The van der Waals surface area contributed by atoms with Crippen LogP contribution in [-0.4, -0.2) is 37.2 Å². The lowest BCUT2D eigenvalue weighted by Crippen LogP contribution is -2.11. The van der Waals surface area contributed by atoms with Gasteiger partial charge in [0.2, 0.25) is 0 Å². The molecule has 1 aromatic rings. The van der Waals surface area contributed by atoms with E-state index in [0.29, 0.717) is 25.0 Å². The molecule has 20 heavy (non-hydrogen) atoms. The van der Waals surface area contributed by atoms with Gasteiger partial charge < -0.3 is 18.9 Å². The number of ether oxygens (including phenoxy) is 4. The van der Waals surface area contributed by atoms with E-state index in [1.807, 2.05) is 24.3 Å². The molecule has 0 amide bonds. The fraction of sp³-hybridized carbons (Fsp3) is 0.571. The Labute approximate surface area is 127 Å². The summed E-state index contributed by atoms with van der Waals surface area (Å²) in [7, 11) is 0. The zero-order chi connectivity index (χ0) is 13.9. The monoisotopic (exact) mass is 318 g/mol. The molecule has 0 bridgehead atoms. The van der Waals surface area contributed by atoms with Crippen LogP contribution in [0.25, 0.3) is 0 Å². The van der Waals surface area contributed by atoms with Crippen LogP contribution < -0.4 is 0 Å². The van der Waals surface area contributed by atoms with Gasteiger partial charge in [-0.2, -0.15) is 0 Å². The number of halogens is 2. The quantitative estimate of drug-likeness (QED) is 0.800. The van der Waals surface area contributed by atoms with Crippen molar-refractivity contribution in [1.29, 1.82) is 0 Å². The Balaban J connectivity index is 1.70. The predicted molar refractivity (Wildman–Crippen MR) is 75.0 cm³/mol. The minimum atomic E-state index is -0.371. The highest BCUT2D eigenvalue weighted by atomic mass is 35.5. The molecular weight excluding hydrogens is 303 g/mol. The lowest BCUT2D eigenvalue weighted by Gasteiger charge is -2.15. The van der Waals surface area contributed by atoms with Crippen molar-refractivity contribution in [2.24, 2.45) is 0 Å². The topological polar surface area (TPSA) is 36.9 Å². The average molecular weight is 319 g/mol. The first-order valence-corrected chi connectivity index (χ1v) is 7.63. The second-order valence-corrected chi connectivity index (χ2v) is 5.44. The fourth-order valence-electron chi connectivity index (χ4n) is 2.26. The Hall–Kier alpha value is -0.360. The normalized spacial score (nSPS) is 33.7. The maximum absolute atomic E-state index is 5.77. The molecule has 1 aromatic carbocycles. The van der Waals surface area contributed by atoms with Gasteiger partial charge in [-0.1, -0.05) is 18.2 Å². The van der Waals surface area contributed by atoms with E-state index in [2.05, 4.69) is 0 Å². The molecule has 4 unspecified atom stereocenters. The smallest absolute Gasteiger partial charge is 0.184 e. The van der Waals surface area contributed by atoms with Crippen molar-refractivity contribution in [1.82, 2.24) is 0 Å². The summed E-state index contributed by atoms with van der Waals surface area (Å²) in [5.74, 6) is 0.866. The molecule has 0 spiro atoms. The van der Waals surface area contributed by atoms with Crippen LogP contribution in [-0.2, 0) is 18.9 Å². The molecular formula is C14H16Cl2O4. The van der Waals surface area contributed by atoms with Gasteiger partial charge in [-0.3, -0.25) is 0 Å². The third-order valence-corrected chi connectivity index (χ3v) is 3.99. The van der Waals surface area contributed by atoms with Gasteiger partial charge in [-0.05, 0) is 6.07 Å². The van der Waals surface area contributed by atoms with Gasteiger partial charge in [0, 0.05) is 11.1 Å². The van der Waals surface area contributed by atoms with E-state index in [-0.39, 0.29) is 24.8 Å². The molecule has 2 fully saturated rings. The maximum atomic E-state index is 5.77. The van der Waals surface area contributed by atoms with E-state index in [1.165, 1.54) is 0 Å². The zero-order valence-corrected chi connectivity index (χ0v) is 12.3. The van der Waals surface area contributed by atoms with Gasteiger partial charge in [0.05, 0.1) is 37.2 Å². The first-order valence-electron chi connectivity index (χ1n) is 6.56. The van der Waals surface area contributed by atoms with Crippen molar-refractivity contribution in [3.05, 3.63) is 35.4 Å². The minimum Gasteiger partial charge on any atom is -0.346 e. The highest BCUT2D eigenvalue weighted by molar-refractivity contribution is 6.18. The molecule has 4 nitrogen and oxygen atoms in total. The molecule has 0 aliphatic carbocycles. The molecule has 0 radical (unpaired) electrons. The van der Waals surface area contributed by atoms with Crippen LogP contribution in [0, 0.1) is 0 Å². The zero-order valence-electron chi connectivity index (χ0n) is 10.8. The van der Waals surface area contributed by atoms with Gasteiger partial charge >= 0.3 is 0 Å². The predicted octanol–water partition coefficient (Wildman–Crippen LogP) is 2.99. The second-order valence-electron chi connectivity index (χ2n) is 4.83. The molecule has 3 rings (SSSR count). The summed E-state index contributed by atoms with van der Waals surface area (Å²) in [5.41, 5.74) is 1.88. The number of hydrogen-bond donors (Lipinski definition) is 0. The third-order valence-electron chi connectivity index (χ3n) is 3.30. The molecule has 0 saturated carbocycles. The van der Waals surface area contributed by atoms with Crippen LogP contribution in [0.1, 0.15) is 23.7 Å². The van der Waals surface area contributed by atoms with Crippen molar-refractivity contribution in [2.45, 2.75) is 24.8 Å². The van der Waals surface area contributed by atoms with Crippen LogP contribution in [0.2, 0.25) is 0 Å². The van der Waals surface area contributed by atoms with Crippen molar-refractivity contribution >= 4 is 23.2 Å². The van der Waals surface area contributed by atoms with Crippen molar-refractivity contribution < 1.29 is 18.9 Å².